The van der Waals surface area contributed by atoms with Gasteiger partial charge >= 0.3 is 6.09 Å². The number of aromatic amines is 1. The van der Waals surface area contributed by atoms with Crippen LogP contribution in [0.2, 0.25) is 0 Å². The number of benzene rings is 1. The second-order valence-electron chi connectivity index (χ2n) is 8.83. The number of imidazole rings is 1. The molecule has 1 amide bonds. The van der Waals surface area contributed by atoms with Crippen molar-refractivity contribution >= 4 is 34.2 Å². The maximum absolute atomic E-state index is 11.2. The number of rotatable bonds is 7. The van der Waals surface area contributed by atoms with Crippen LogP contribution in [0.1, 0.15) is 12.1 Å². The molecule has 4 heterocycles. The molecule has 0 saturated heterocycles. The monoisotopic (exact) mass is 472 g/mol. The minimum absolute atomic E-state index is 0.383. The van der Waals surface area contributed by atoms with Gasteiger partial charge in [-0.2, -0.15) is 0 Å². The highest BCUT2D eigenvalue weighted by molar-refractivity contribution is 5.92. The Balaban J connectivity index is 1.39. The van der Waals surface area contributed by atoms with Crippen molar-refractivity contribution in [2.45, 2.75) is 13.0 Å². The van der Waals surface area contributed by atoms with E-state index in [0.717, 1.165) is 52.5 Å². The van der Waals surface area contributed by atoms with Crippen LogP contribution in [0, 0.1) is 0 Å². The average Bonchev–Trinajstić information content (AvgIpc) is 3.51. The second-order valence-corrected chi connectivity index (χ2v) is 8.83. The molecule has 0 fully saturated rings. The first kappa shape index (κ1) is 22.6. The quantitative estimate of drug-likeness (QED) is 0.374. The second kappa shape index (κ2) is 9.59. The average molecular weight is 473 g/mol. The van der Waals surface area contributed by atoms with E-state index in [-0.39, 0.29) is 0 Å². The topological polar surface area (TPSA) is 115 Å². The third-order valence-corrected chi connectivity index (χ3v) is 6.14. The molecule has 3 N–H and O–H groups in total. The van der Waals surface area contributed by atoms with Crippen molar-refractivity contribution < 1.29 is 9.90 Å². The maximum Gasteiger partial charge on any atom is 0.407 e. The van der Waals surface area contributed by atoms with Crippen molar-refractivity contribution in [1.29, 1.82) is 0 Å². The number of nitrogens with zero attached hydrogens (tertiary/aromatic N) is 6. The SMILES string of the molecule is CN(C)CCn1ccnc1-c1cccc(Nc2ncnc3[nH]c(C4=CCN(C(=O)O)CC4)cc23)c1. The molecule has 1 aliphatic rings. The molecule has 0 unspecified atom stereocenters. The highest BCUT2D eigenvalue weighted by Gasteiger charge is 2.19. The van der Waals surface area contributed by atoms with Crippen molar-refractivity contribution in [2.24, 2.45) is 0 Å². The molecule has 4 aromatic rings. The van der Waals surface area contributed by atoms with Gasteiger partial charge in [-0.15, -0.1) is 0 Å². The van der Waals surface area contributed by atoms with Crippen molar-refractivity contribution in [3.63, 3.8) is 0 Å². The summed E-state index contributed by atoms with van der Waals surface area (Å²) in [4.78, 5) is 31.5. The molecular weight excluding hydrogens is 444 g/mol. The lowest BCUT2D eigenvalue weighted by Crippen LogP contribution is -2.33. The van der Waals surface area contributed by atoms with E-state index in [2.05, 4.69) is 60.9 Å². The minimum Gasteiger partial charge on any atom is -0.465 e. The van der Waals surface area contributed by atoms with Crippen LogP contribution in [0.25, 0.3) is 28.0 Å². The Labute approximate surface area is 202 Å². The molecule has 0 atom stereocenters. The Kier molecular flexibility index (Phi) is 6.19. The zero-order chi connectivity index (χ0) is 24.4. The third-order valence-electron chi connectivity index (χ3n) is 6.14. The number of H-pyrrole nitrogens is 1. The fourth-order valence-corrected chi connectivity index (χ4v) is 4.23. The fraction of sp³-hybridized carbons (Fsp3) is 0.280. The van der Waals surface area contributed by atoms with E-state index < -0.39 is 6.09 Å². The molecule has 5 rings (SSSR count). The lowest BCUT2D eigenvalue weighted by atomic mass is 10.1. The van der Waals surface area contributed by atoms with Crippen LogP contribution < -0.4 is 5.32 Å². The summed E-state index contributed by atoms with van der Waals surface area (Å²) in [5.74, 6) is 1.63. The summed E-state index contributed by atoms with van der Waals surface area (Å²) < 4.78 is 2.16. The standard InChI is InChI=1S/C25H28N8O2/c1-31(2)12-13-32-11-8-26-24(32)18-4-3-5-19(14-18)29-22-20-15-21(30-23(20)28-16-27-22)17-6-9-33(10-7-17)25(34)35/h3-6,8,11,14-16H,7,9-10,12-13H2,1-2H3,(H,34,35)(H2,27,28,29,30). The fourth-order valence-electron chi connectivity index (χ4n) is 4.23. The first-order chi connectivity index (χ1) is 17.0. The summed E-state index contributed by atoms with van der Waals surface area (Å²) in [6, 6.07) is 10.2. The van der Waals surface area contributed by atoms with Gasteiger partial charge in [0.2, 0.25) is 0 Å². The number of carboxylic acid groups (broad SMARTS) is 1. The number of hydrogen-bond acceptors (Lipinski definition) is 6. The Morgan fingerprint density at radius 2 is 2.11 bits per heavy atom. The third kappa shape index (κ3) is 4.87. The maximum atomic E-state index is 11.2. The highest BCUT2D eigenvalue weighted by Crippen LogP contribution is 2.30. The first-order valence-corrected chi connectivity index (χ1v) is 11.5. The number of fused-ring (bicyclic) bond motifs is 1. The largest absolute Gasteiger partial charge is 0.465 e. The molecule has 0 aliphatic carbocycles. The van der Waals surface area contributed by atoms with Crippen molar-refractivity contribution in [3.8, 4) is 11.4 Å². The van der Waals surface area contributed by atoms with Crippen LogP contribution in [0.15, 0.2) is 55.1 Å². The van der Waals surface area contributed by atoms with Crippen molar-refractivity contribution in [1.82, 2.24) is 34.3 Å². The molecule has 35 heavy (non-hydrogen) atoms. The van der Waals surface area contributed by atoms with Gasteiger partial charge in [0.05, 0.1) is 5.39 Å². The zero-order valence-electron chi connectivity index (χ0n) is 19.8. The van der Waals surface area contributed by atoms with E-state index in [9.17, 15) is 9.90 Å². The summed E-state index contributed by atoms with van der Waals surface area (Å²) in [5.41, 5.74) is 4.67. The van der Waals surface area contributed by atoms with Gasteiger partial charge in [0.25, 0.3) is 0 Å². The number of aromatic nitrogens is 5. The lowest BCUT2D eigenvalue weighted by molar-refractivity contribution is 0.150. The van der Waals surface area contributed by atoms with Crippen LogP contribution in [0.4, 0.5) is 16.3 Å². The number of likely N-dealkylation sites (N-methyl/N-ethyl adjacent to an activating group) is 1. The summed E-state index contributed by atoms with van der Waals surface area (Å²) in [6.07, 6.45) is 7.07. The molecule has 3 aromatic heterocycles. The number of carbonyl (C=O) groups is 1. The van der Waals surface area contributed by atoms with Gasteiger partial charge in [0, 0.05) is 55.5 Å². The van der Waals surface area contributed by atoms with Crippen LogP contribution in [-0.2, 0) is 6.54 Å². The van der Waals surface area contributed by atoms with Crippen molar-refractivity contribution in [3.05, 3.63) is 60.8 Å². The van der Waals surface area contributed by atoms with Gasteiger partial charge in [0.1, 0.15) is 23.6 Å². The van der Waals surface area contributed by atoms with Crippen LogP contribution in [-0.4, -0.2) is 79.2 Å². The predicted octanol–water partition coefficient (Wildman–Crippen LogP) is 3.89. The molecule has 0 spiro atoms. The molecule has 0 radical (unpaired) electrons. The van der Waals surface area contributed by atoms with E-state index in [1.54, 1.807) is 0 Å². The summed E-state index contributed by atoms with van der Waals surface area (Å²) in [5, 5.41) is 13.5. The molecule has 1 aromatic carbocycles. The number of amides is 1. The number of nitrogens with one attached hydrogen (secondary N) is 2. The summed E-state index contributed by atoms with van der Waals surface area (Å²) in [7, 11) is 4.12. The molecule has 0 bridgehead atoms. The molecule has 1 aliphatic heterocycles. The normalized spacial score (nSPS) is 13.9. The molecule has 10 nitrogen and oxygen atoms in total. The van der Waals surface area contributed by atoms with E-state index in [4.69, 9.17) is 0 Å². The van der Waals surface area contributed by atoms with Gasteiger partial charge in [-0.05, 0) is 44.3 Å². The Bertz CT molecular complexity index is 1390. The van der Waals surface area contributed by atoms with Gasteiger partial charge in [-0.3, -0.25) is 0 Å². The Morgan fingerprint density at radius 1 is 1.23 bits per heavy atom. The molecule has 180 valence electrons. The smallest absolute Gasteiger partial charge is 0.407 e. The van der Waals surface area contributed by atoms with Crippen LogP contribution >= 0.6 is 0 Å². The summed E-state index contributed by atoms with van der Waals surface area (Å²) in [6.45, 7) is 2.65. The van der Waals surface area contributed by atoms with Gasteiger partial charge < -0.3 is 29.8 Å². The van der Waals surface area contributed by atoms with Crippen LogP contribution in [0.5, 0.6) is 0 Å². The zero-order valence-corrected chi connectivity index (χ0v) is 19.8. The van der Waals surface area contributed by atoms with Crippen LogP contribution in [0.3, 0.4) is 0 Å². The molecule has 0 saturated carbocycles. The first-order valence-electron chi connectivity index (χ1n) is 11.5. The Morgan fingerprint density at radius 3 is 2.89 bits per heavy atom. The van der Waals surface area contributed by atoms with Gasteiger partial charge in [-0.1, -0.05) is 18.2 Å². The van der Waals surface area contributed by atoms with Gasteiger partial charge in [-0.25, -0.2) is 19.7 Å². The Hall–Kier alpha value is -4.18. The minimum atomic E-state index is -0.892. The van der Waals surface area contributed by atoms with E-state index in [1.807, 2.05) is 36.7 Å². The highest BCUT2D eigenvalue weighted by atomic mass is 16.4. The predicted molar refractivity (Wildman–Crippen MR) is 136 cm³/mol. The molecule has 10 heteroatoms. The van der Waals surface area contributed by atoms with Crippen molar-refractivity contribution in [2.75, 3.05) is 39.0 Å². The summed E-state index contributed by atoms with van der Waals surface area (Å²) >= 11 is 0. The number of anilines is 2. The van der Waals surface area contributed by atoms with E-state index in [1.165, 1.54) is 11.2 Å². The molecular formula is C25H28N8O2. The van der Waals surface area contributed by atoms with E-state index in [0.29, 0.717) is 25.3 Å². The number of hydrogen-bond donors (Lipinski definition) is 3. The lowest BCUT2D eigenvalue weighted by Gasteiger charge is -2.23. The van der Waals surface area contributed by atoms with Gasteiger partial charge in [0.15, 0.2) is 0 Å². The van der Waals surface area contributed by atoms with E-state index >= 15 is 0 Å².